The Morgan fingerprint density at radius 2 is 1.25 bits per heavy atom. The second-order valence-corrected chi connectivity index (χ2v) is 0. The van der Waals surface area contributed by atoms with Gasteiger partial charge in [-0.25, -0.2) is 0 Å². The standard InChI is InChI=1S/Er.Gd.2O. The van der Waals surface area contributed by atoms with Crippen molar-refractivity contribution in [2.45, 2.75) is 0 Å². The predicted molar refractivity (Wildman–Crippen MR) is 1.37 cm³/mol. The zero-order chi connectivity index (χ0) is 4.00. The van der Waals surface area contributed by atoms with Crippen molar-refractivity contribution < 1.29 is 76.1 Å². The van der Waals surface area contributed by atoms with Crippen molar-refractivity contribution >= 4 is 0 Å². The predicted octanol–water partition coefficient (Wildman–Crippen LogP) is -0.238. The third-order valence-corrected chi connectivity index (χ3v) is 0. The van der Waals surface area contributed by atoms with Gasteiger partial charge >= 0.3 is 76.1 Å². The molecule has 0 aromatic heterocycles. The molecule has 0 aromatic rings. The molecule has 0 bridgehead atoms. The van der Waals surface area contributed by atoms with E-state index in [1.54, 1.807) is 0 Å². The van der Waals surface area contributed by atoms with Crippen molar-refractivity contribution in [3.63, 3.8) is 0 Å². The Bertz CT molecular complexity index is 8.00. The van der Waals surface area contributed by atoms with Gasteiger partial charge in [-0.2, -0.15) is 0 Å². The van der Waals surface area contributed by atoms with Gasteiger partial charge in [0.15, 0.2) is 0 Å². The van der Waals surface area contributed by atoms with Gasteiger partial charge in [-0.3, -0.25) is 0 Å². The zero-order valence-corrected chi connectivity index (χ0v) is 5.58. The summed E-state index contributed by atoms with van der Waals surface area (Å²) < 4.78 is 16.4. The van der Waals surface area contributed by atoms with Crippen LogP contribution < -0.4 is 0 Å². The van der Waals surface area contributed by atoms with Crippen LogP contribution >= 0.6 is 0 Å². The molecule has 0 aliphatic carbocycles. The van der Waals surface area contributed by atoms with Crippen molar-refractivity contribution in [3.8, 4) is 0 Å². The third-order valence-electron chi connectivity index (χ3n) is 0. The summed E-state index contributed by atoms with van der Waals surface area (Å²) in [4.78, 5) is 0. The Morgan fingerprint density at radius 1 is 1.25 bits per heavy atom. The molecule has 0 aliphatic rings. The molecule has 0 aromatic carbocycles. The van der Waals surface area contributed by atoms with Crippen molar-refractivity contribution in [2.75, 3.05) is 0 Å². The van der Waals surface area contributed by atoms with Gasteiger partial charge in [0.1, 0.15) is 0 Å². The van der Waals surface area contributed by atoms with Crippen LogP contribution in [-0.2, 0) is 2.65 Å². The molecule has 0 aliphatic heterocycles. The molecule has 0 amide bonds. The van der Waals surface area contributed by atoms with E-state index in [0.29, 0.717) is 38.0 Å². The molecule has 32 valence electrons. The number of rotatable bonds is 0. The first-order valence-electron chi connectivity index (χ1n) is 0.262. The van der Waals surface area contributed by atoms with Crippen LogP contribution in [0.3, 0.4) is 0 Å². The van der Waals surface area contributed by atoms with Gasteiger partial charge in [-0.15, -0.1) is 0 Å². The summed E-state index contributed by atoms with van der Waals surface area (Å²) in [6, 6.07) is 0. The Balaban J connectivity index is 0. The Kier molecular flexibility index (Phi) is 45.3. The molecular formula is ErGdO2. The Labute approximate surface area is 74.2 Å². The van der Waals surface area contributed by atoms with Crippen LogP contribution in [0, 0.1) is 73.5 Å². The maximum atomic E-state index is 8.28. The molecule has 0 N–H and O–H groups in total. The minimum absolute atomic E-state index is 0.611. The first kappa shape index (κ1) is 9.48. The molecule has 0 saturated heterocycles. The molecule has 4 heavy (non-hydrogen) atoms. The van der Waals surface area contributed by atoms with E-state index < -0.39 is 0 Å². The monoisotopic (exact) mass is 356 g/mol. The normalized spacial score (nSPS) is 2.75. The van der Waals surface area contributed by atoms with Crippen LogP contribution in [0.15, 0.2) is 0 Å². The van der Waals surface area contributed by atoms with Gasteiger partial charge in [0.2, 0.25) is 0 Å². The molecule has 0 atom stereocenters. The van der Waals surface area contributed by atoms with Crippen LogP contribution in [0.2, 0.25) is 0 Å². The topological polar surface area (TPSA) is 34.1 Å². The molecule has 0 radical (unpaired) electrons. The van der Waals surface area contributed by atoms with Crippen molar-refractivity contribution in [2.24, 2.45) is 0 Å². The summed E-state index contributed by atoms with van der Waals surface area (Å²) in [5, 5.41) is 0. The molecule has 0 saturated carbocycles. The maximum absolute atomic E-state index is 8.28. The van der Waals surface area contributed by atoms with Gasteiger partial charge in [0, 0.05) is 0 Å². The van der Waals surface area contributed by atoms with Crippen LogP contribution in [0.25, 0.3) is 0 Å². The van der Waals surface area contributed by atoms with Crippen LogP contribution in [0.5, 0.6) is 0 Å². The van der Waals surface area contributed by atoms with Gasteiger partial charge in [0.05, 0.1) is 0 Å². The van der Waals surface area contributed by atoms with E-state index in [1.165, 1.54) is 35.5 Å². The summed E-state index contributed by atoms with van der Waals surface area (Å²) in [5.41, 5.74) is 0. The van der Waals surface area contributed by atoms with Crippen molar-refractivity contribution in [1.82, 2.24) is 0 Å². The molecule has 0 unspecified atom stereocenters. The third kappa shape index (κ3) is 8.90. The average molecular weight is 357 g/mol. The quantitative estimate of drug-likeness (QED) is 0.601. The van der Waals surface area contributed by atoms with Crippen LogP contribution in [0.4, 0.5) is 0 Å². The van der Waals surface area contributed by atoms with E-state index in [1.807, 2.05) is 0 Å². The summed E-state index contributed by atoms with van der Waals surface area (Å²) in [6.07, 6.45) is 0. The molecule has 0 spiro atoms. The second kappa shape index (κ2) is 19.1. The summed E-state index contributed by atoms with van der Waals surface area (Å²) in [5.74, 6) is 0. The summed E-state index contributed by atoms with van der Waals surface area (Å²) in [7, 11) is 0. The number of hydrogen-bond acceptors (Lipinski definition) is 2. The van der Waals surface area contributed by atoms with Crippen LogP contribution in [0.1, 0.15) is 0 Å². The van der Waals surface area contributed by atoms with Crippen LogP contribution in [-0.4, -0.2) is 0 Å². The Morgan fingerprint density at radius 3 is 1.25 bits per heavy atom. The summed E-state index contributed by atoms with van der Waals surface area (Å²) in [6.45, 7) is 0. The Hall–Kier alpha value is 2.17. The molecule has 4 heteroatoms. The SMILES string of the molecule is [O]=[Er].[O]=[Gd]. The fourth-order valence-electron chi connectivity index (χ4n) is 0. The van der Waals surface area contributed by atoms with Gasteiger partial charge < -0.3 is 0 Å². The average Bonchev–Trinajstić information content (AvgIpc) is 1.50. The number of hydrogen-bond donors (Lipinski definition) is 0. The summed E-state index contributed by atoms with van der Waals surface area (Å²) >= 11 is 1.78. The minimum atomic E-state index is 0.611. The fraction of sp³-hybridized carbons (Fsp3) is 0. The van der Waals surface area contributed by atoms with E-state index in [9.17, 15) is 0 Å². The van der Waals surface area contributed by atoms with E-state index >= 15 is 0 Å². The second-order valence-electron chi connectivity index (χ2n) is 0. The zero-order valence-electron chi connectivity index (χ0n) is 1.46. The van der Waals surface area contributed by atoms with E-state index in [0.717, 1.165) is 0 Å². The van der Waals surface area contributed by atoms with Gasteiger partial charge in [-0.05, 0) is 0 Å². The van der Waals surface area contributed by atoms with Gasteiger partial charge in [-0.1, -0.05) is 0 Å². The molecule has 0 heterocycles. The molecule has 0 fully saturated rings. The molecular weight excluding hydrogens is 357 g/mol. The van der Waals surface area contributed by atoms with Gasteiger partial charge in [0.25, 0.3) is 0 Å². The molecule has 0 rings (SSSR count). The van der Waals surface area contributed by atoms with Crippen molar-refractivity contribution in [3.05, 3.63) is 0 Å². The van der Waals surface area contributed by atoms with E-state index in [-0.39, 0.29) is 0 Å². The first-order chi connectivity index (χ1) is 2.00. The van der Waals surface area contributed by atoms with E-state index in [2.05, 4.69) is 0 Å². The van der Waals surface area contributed by atoms with Crippen molar-refractivity contribution in [1.29, 1.82) is 0 Å². The van der Waals surface area contributed by atoms with E-state index in [4.69, 9.17) is 2.65 Å². The fourth-order valence-corrected chi connectivity index (χ4v) is 0. The molecule has 2 nitrogen and oxygen atoms in total. The first-order valence-corrected chi connectivity index (χ1v) is 1.94.